The smallest absolute Gasteiger partial charge is 0.000672 e. The van der Waals surface area contributed by atoms with Gasteiger partial charge in [0.2, 0.25) is 0 Å². The maximum Gasteiger partial charge on any atom is -0.000672 e. The molecule has 0 saturated heterocycles. The summed E-state index contributed by atoms with van der Waals surface area (Å²) in [5.74, 6) is 0. The van der Waals surface area contributed by atoms with Crippen LogP contribution in [-0.2, 0) is 12.8 Å². The summed E-state index contributed by atoms with van der Waals surface area (Å²) >= 11 is 0. The van der Waals surface area contributed by atoms with Crippen LogP contribution in [-0.4, -0.2) is 0 Å². The van der Waals surface area contributed by atoms with Crippen molar-refractivity contribution >= 4 is 21.5 Å². The van der Waals surface area contributed by atoms with Gasteiger partial charge in [0.15, 0.2) is 0 Å². The molecule has 2 aliphatic rings. The van der Waals surface area contributed by atoms with Gasteiger partial charge in [-0.25, -0.2) is 0 Å². The molecule has 0 heterocycles. The van der Waals surface area contributed by atoms with Crippen molar-refractivity contribution in [3.05, 3.63) is 107 Å². The van der Waals surface area contributed by atoms with Crippen molar-refractivity contribution in [3.8, 4) is 22.3 Å². The summed E-state index contributed by atoms with van der Waals surface area (Å²) < 4.78 is 0. The van der Waals surface area contributed by atoms with E-state index < -0.39 is 0 Å². The first-order valence-electron chi connectivity index (χ1n) is 10.5. The molecule has 5 aromatic carbocycles. The van der Waals surface area contributed by atoms with Crippen LogP contribution in [0.15, 0.2) is 78.9 Å². The first-order valence-corrected chi connectivity index (χ1v) is 10.5. The van der Waals surface area contributed by atoms with Crippen molar-refractivity contribution in [3.63, 3.8) is 0 Å². The predicted octanol–water partition coefficient (Wildman–Crippen LogP) is 7.44. The van der Waals surface area contributed by atoms with Crippen LogP contribution in [0.3, 0.4) is 0 Å². The molecule has 0 nitrogen and oxygen atoms in total. The molecule has 0 unspecified atom stereocenters. The second-order valence-corrected chi connectivity index (χ2v) is 8.54. The van der Waals surface area contributed by atoms with Crippen molar-refractivity contribution in [1.29, 1.82) is 0 Å². The molecule has 5 aromatic rings. The van der Waals surface area contributed by atoms with Crippen LogP contribution in [0.1, 0.15) is 27.8 Å². The highest BCUT2D eigenvalue weighted by atomic mass is 14.3. The topological polar surface area (TPSA) is 0 Å². The average Bonchev–Trinajstić information content (AvgIpc) is 3.33. The average molecular weight is 368 g/mol. The van der Waals surface area contributed by atoms with Crippen molar-refractivity contribution in [2.75, 3.05) is 0 Å². The quantitative estimate of drug-likeness (QED) is 0.244. The molecule has 0 aliphatic heterocycles. The number of hydrogen-bond acceptors (Lipinski definition) is 0. The molecular weight excluding hydrogens is 348 g/mol. The first kappa shape index (κ1) is 15.5. The van der Waals surface area contributed by atoms with E-state index in [0.717, 1.165) is 12.8 Å². The van der Waals surface area contributed by atoms with E-state index in [0.29, 0.717) is 0 Å². The summed E-state index contributed by atoms with van der Waals surface area (Å²) in [6.07, 6.45) is 2.10. The summed E-state index contributed by atoms with van der Waals surface area (Å²) in [4.78, 5) is 0. The van der Waals surface area contributed by atoms with Crippen LogP contribution in [0.25, 0.3) is 43.8 Å². The van der Waals surface area contributed by atoms with Crippen molar-refractivity contribution in [1.82, 2.24) is 0 Å². The second kappa shape index (κ2) is 5.36. The second-order valence-electron chi connectivity index (χ2n) is 8.54. The number of hydrogen-bond donors (Lipinski definition) is 0. The van der Waals surface area contributed by atoms with Gasteiger partial charge in [0, 0.05) is 0 Å². The minimum absolute atomic E-state index is 1.03. The fourth-order valence-corrected chi connectivity index (χ4v) is 5.86. The highest BCUT2D eigenvalue weighted by molar-refractivity contribution is 6.19. The Morgan fingerprint density at radius 1 is 0.517 bits per heavy atom. The van der Waals surface area contributed by atoms with Gasteiger partial charge in [-0.1, -0.05) is 78.9 Å². The summed E-state index contributed by atoms with van der Waals surface area (Å²) in [5.41, 5.74) is 13.3. The first-order chi connectivity index (χ1) is 14.3. The van der Waals surface area contributed by atoms with Gasteiger partial charge in [0.25, 0.3) is 0 Å². The van der Waals surface area contributed by atoms with Crippen molar-refractivity contribution < 1.29 is 0 Å². The lowest BCUT2D eigenvalue weighted by atomic mass is 9.87. The van der Waals surface area contributed by atoms with Crippen molar-refractivity contribution in [2.45, 2.75) is 19.8 Å². The van der Waals surface area contributed by atoms with Crippen LogP contribution in [0.5, 0.6) is 0 Å². The highest BCUT2D eigenvalue weighted by Crippen LogP contribution is 2.53. The maximum absolute atomic E-state index is 2.46. The Morgan fingerprint density at radius 2 is 1.14 bits per heavy atom. The number of aryl methyl sites for hydroxylation is 1. The third-order valence-electron chi connectivity index (χ3n) is 7.05. The minimum Gasteiger partial charge on any atom is -0.0619 e. The van der Waals surface area contributed by atoms with Gasteiger partial charge >= 0.3 is 0 Å². The van der Waals surface area contributed by atoms with E-state index in [1.165, 1.54) is 71.6 Å². The van der Waals surface area contributed by atoms with E-state index in [4.69, 9.17) is 0 Å². The molecule has 2 aliphatic carbocycles. The molecule has 0 fully saturated rings. The van der Waals surface area contributed by atoms with E-state index in [2.05, 4.69) is 85.8 Å². The fraction of sp³-hybridized carbons (Fsp3) is 0.103. The van der Waals surface area contributed by atoms with Crippen LogP contribution in [0.2, 0.25) is 0 Å². The lowest BCUT2D eigenvalue weighted by molar-refractivity contribution is 1.19. The Balaban J connectivity index is 1.71. The molecule has 0 saturated carbocycles. The van der Waals surface area contributed by atoms with Crippen LogP contribution in [0.4, 0.5) is 0 Å². The van der Waals surface area contributed by atoms with E-state index in [1.807, 2.05) is 0 Å². The minimum atomic E-state index is 1.03. The van der Waals surface area contributed by atoms with Crippen molar-refractivity contribution in [2.24, 2.45) is 0 Å². The molecule has 136 valence electrons. The van der Waals surface area contributed by atoms with Crippen LogP contribution >= 0.6 is 0 Å². The van der Waals surface area contributed by atoms with Gasteiger partial charge in [0.1, 0.15) is 0 Å². The van der Waals surface area contributed by atoms with Gasteiger partial charge in [-0.15, -0.1) is 0 Å². The molecule has 0 N–H and O–H groups in total. The fourth-order valence-electron chi connectivity index (χ4n) is 5.86. The number of benzene rings is 5. The molecule has 0 atom stereocenters. The Hall–Kier alpha value is -3.38. The largest absolute Gasteiger partial charge is 0.0619 e. The van der Waals surface area contributed by atoms with Gasteiger partial charge in [-0.3, -0.25) is 0 Å². The summed E-state index contributed by atoms with van der Waals surface area (Å²) in [6.45, 7) is 2.30. The van der Waals surface area contributed by atoms with E-state index in [9.17, 15) is 0 Å². The number of fused-ring (bicyclic) bond motifs is 12. The molecular formula is C29H20. The van der Waals surface area contributed by atoms with E-state index in [-0.39, 0.29) is 0 Å². The summed E-state index contributed by atoms with van der Waals surface area (Å²) in [7, 11) is 0. The Labute approximate surface area is 170 Å². The Bertz CT molecular complexity index is 1500. The zero-order chi connectivity index (χ0) is 19.1. The van der Waals surface area contributed by atoms with Crippen LogP contribution < -0.4 is 0 Å². The molecule has 29 heavy (non-hydrogen) atoms. The van der Waals surface area contributed by atoms with E-state index in [1.54, 1.807) is 0 Å². The Morgan fingerprint density at radius 3 is 1.97 bits per heavy atom. The van der Waals surface area contributed by atoms with Gasteiger partial charge in [-0.2, -0.15) is 0 Å². The normalized spacial score (nSPS) is 13.4. The predicted molar refractivity (Wildman–Crippen MR) is 123 cm³/mol. The Kier molecular flexibility index (Phi) is 2.87. The third kappa shape index (κ3) is 1.89. The lowest BCUT2D eigenvalue weighted by Gasteiger charge is -2.16. The van der Waals surface area contributed by atoms with Gasteiger partial charge < -0.3 is 0 Å². The summed E-state index contributed by atoms with van der Waals surface area (Å²) in [5, 5.41) is 5.56. The SMILES string of the molecule is Cc1cc2c(c3c1Cc1ccccc1-3)-c1c(c3ccccc3c3ccccc13)C2. The monoisotopic (exact) mass is 368 g/mol. The zero-order valence-corrected chi connectivity index (χ0v) is 16.4. The third-order valence-corrected chi connectivity index (χ3v) is 7.05. The standard InChI is InChI=1S/C29H20/c1-17-14-19-16-26-23-12-5-4-10-21(23)22-11-6-7-13-24(22)29(26)27(19)28-20-9-3-2-8-18(20)15-25(17)28/h2-14H,15-16H2,1H3. The van der Waals surface area contributed by atoms with Gasteiger partial charge in [0.05, 0.1) is 0 Å². The lowest BCUT2D eigenvalue weighted by Crippen LogP contribution is -1.92. The van der Waals surface area contributed by atoms with Gasteiger partial charge in [-0.05, 0) is 91.4 Å². The molecule has 0 bridgehead atoms. The maximum atomic E-state index is 2.46. The molecule has 0 radical (unpaired) electrons. The molecule has 7 rings (SSSR count). The van der Waals surface area contributed by atoms with E-state index >= 15 is 0 Å². The molecule has 0 heteroatoms. The molecule has 0 spiro atoms. The van der Waals surface area contributed by atoms with Crippen LogP contribution in [0, 0.1) is 6.92 Å². The number of rotatable bonds is 0. The summed E-state index contributed by atoms with van der Waals surface area (Å²) in [6, 6.07) is 29.4. The zero-order valence-electron chi connectivity index (χ0n) is 16.4. The molecule has 0 aromatic heterocycles. The molecule has 0 amide bonds. The highest BCUT2D eigenvalue weighted by Gasteiger charge is 2.32.